The molecule has 1 aromatic carbocycles. The number of hydrogen-bond donors (Lipinski definition) is 1. The average Bonchev–Trinajstić information content (AvgIpc) is 2.57. The van der Waals surface area contributed by atoms with Gasteiger partial charge in [0.05, 0.1) is 5.56 Å². The zero-order valence-electron chi connectivity index (χ0n) is 16.4. The van der Waals surface area contributed by atoms with Gasteiger partial charge in [-0.3, -0.25) is 0 Å². The summed E-state index contributed by atoms with van der Waals surface area (Å²) in [4.78, 5) is 25.5. The predicted molar refractivity (Wildman–Crippen MR) is 103 cm³/mol. The van der Waals surface area contributed by atoms with Crippen LogP contribution in [0.25, 0.3) is 0 Å². The van der Waals surface area contributed by atoms with Crippen LogP contribution >= 0.6 is 15.9 Å². The molecule has 1 heterocycles. The van der Waals surface area contributed by atoms with Gasteiger partial charge in [-0.15, -0.1) is 0 Å². The van der Waals surface area contributed by atoms with E-state index in [4.69, 9.17) is 9.47 Å². The molecule has 1 N–H and O–H groups in total. The maximum atomic E-state index is 12.9. The molecule has 0 saturated carbocycles. The van der Waals surface area contributed by atoms with Crippen LogP contribution in [0, 0.1) is 0 Å². The average molecular weight is 481 g/mol. The van der Waals surface area contributed by atoms with E-state index in [-0.39, 0.29) is 22.7 Å². The molecule has 0 aromatic heterocycles. The molecule has 10 heteroatoms. The van der Waals surface area contributed by atoms with E-state index in [1.807, 2.05) is 0 Å². The SMILES string of the molecule is CC(C)(C)OC(=O)NC1CCN(C(=O)OCc2cc(Br)cc(C(F)(F)F)c2)CC1. The van der Waals surface area contributed by atoms with Crippen LogP contribution < -0.4 is 5.32 Å². The lowest BCUT2D eigenvalue weighted by atomic mass is 10.1. The van der Waals surface area contributed by atoms with Crippen molar-refractivity contribution in [3.05, 3.63) is 33.8 Å². The lowest BCUT2D eigenvalue weighted by molar-refractivity contribution is -0.137. The highest BCUT2D eigenvalue weighted by Gasteiger charge is 2.31. The summed E-state index contributed by atoms with van der Waals surface area (Å²) in [6.07, 6.45) is -4.53. The van der Waals surface area contributed by atoms with Gasteiger partial charge in [-0.25, -0.2) is 9.59 Å². The standard InChI is InChI=1S/C19H24BrF3N2O4/c1-18(2,3)29-16(26)24-15-4-6-25(7-5-15)17(27)28-11-12-8-13(19(21,22)23)10-14(20)9-12/h8-10,15H,4-7,11H2,1-3H3,(H,24,26). The summed E-state index contributed by atoms with van der Waals surface area (Å²) in [6, 6.07) is 3.27. The molecule has 1 saturated heterocycles. The highest BCUT2D eigenvalue weighted by molar-refractivity contribution is 9.10. The first-order valence-electron chi connectivity index (χ1n) is 9.11. The van der Waals surface area contributed by atoms with E-state index in [9.17, 15) is 22.8 Å². The normalized spacial score (nSPS) is 15.8. The summed E-state index contributed by atoms with van der Waals surface area (Å²) in [5, 5.41) is 2.77. The molecule has 0 bridgehead atoms. The summed E-state index contributed by atoms with van der Waals surface area (Å²) in [7, 11) is 0. The van der Waals surface area contributed by atoms with E-state index in [2.05, 4.69) is 21.2 Å². The van der Waals surface area contributed by atoms with E-state index in [0.29, 0.717) is 25.9 Å². The second-order valence-electron chi connectivity index (χ2n) is 7.81. The van der Waals surface area contributed by atoms with Gasteiger partial charge in [-0.1, -0.05) is 15.9 Å². The largest absolute Gasteiger partial charge is 0.445 e. The number of carbonyl (C=O) groups excluding carboxylic acids is 2. The van der Waals surface area contributed by atoms with Crippen LogP contribution in [0.3, 0.4) is 0 Å². The number of piperidine rings is 1. The molecular weight excluding hydrogens is 457 g/mol. The number of nitrogens with zero attached hydrogens (tertiary/aromatic N) is 1. The summed E-state index contributed by atoms with van der Waals surface area (Å²) < 4.78 is 49.3. The van der Waals surface area contributed by atoms with Crippen molar-refractivity contribution in [2.24, 2.45) is 0 Å². The first-order valence-corrected chi connectivity index (χ1v) is 9.91. The lowest BCUT2D eigenvalue weighted by Gasteiger charge is -2.32. The molecule has 6 nitrogen and oxygen atoms in total. The Balaban J connectivity index is 1.82. The Morgan fingerprint density at radius 3 is 2.34 bits per heavy atom. The van der Waals surface area contributed by atoms with Crippen molar-refractivity contribution in [1.82, 2.24) is 10.2 Å². The van der Waals surface area contributed by atoms with E-state index in [0.717, 1.165) is 12.1 Å². The number of hydrogen-bond acceptors (Lipinski definition) is 4. The summed E-state index contributed by atoms with van der Waals surface area (Å²) in [6.45, 7) is 5.78. The van der Waals surface area contributed by atoms with Gasteiger partial charge < -0.3 is 19.7 Å². The zero-order valence-corrected chi connectivity index (χ0v) is 18.0. The van der Waals surface area contributed by atoms with Gasteiger partial charge in [-0.05, 0) is 57.4 Å². The van der Waals surface area contributed by atoms with Crippen molar-refractivity contribution in [1.29, 1.82) is 0 Å². The molecule has 2 rings (SSSR count). The molecule has 29 heavy (non-hydrogen) atoms. The number of likely N-dealkylation sites (tertiary alicyclic amines) is 1. The smallest absolute Gasteiger partial charge is 0.416 e. The van der Waals surface area contributed by atoms with Crippen LogP contribution in [0.1, 0.15) is 44.7 Å². The van der Waals surface area contributed by atoms with Crippen molar-refractivity contribution in [2.45, 2.75) is 58.0 Å². The van der Waals surface area contributed by atoms with Crippen molar-refractivity contribution >= 4 is 28.1 Å². The Hall–Kier alpha value is -1.97. The van der Waals surface area contributed by atoms with Crippen molar-refractivity contribution < 1.29 is 32.2 Å². The fraction of sp³-hybridized carbons (Fsp3) is 0.579. The Labute approximate surface area is 175 Å². The lowest BCUT2D eigenvalue weighted by Crippen LogP contribution is -2.47. The number of alkyl carbamates (subject to hydrolysis) is 1. The fourth-order valence-corrected chi connectivity index (χ4v) is 3.36. The second kappa shape index (κ2) is 9.23. The van der Waals surface area contributed by atoms with Gasteiger partial charge in [0, 0.05) is 23.6 Å². The van der Waals surface area contributed by atoms with E-state index in [1.54, 1.807) is 20.8 Å². The van der Waals surface area contributed by atoms with Gasteiger partial charge in [0.1, 0.15) is 12.2 Å². The molecule has 1 aliphatic heterocycles. The van der Waals surface area contributed by atoms with Crippen molar-refractivity contribution in [3.63, 3.8) is 0 Å². The zero-order chi connectivity index (χ0) is 21.8. The van der Waals surface area contributed by atoms with Crippen LogP contribution in [-0.4, -0.2) is 41.8 Å². The third-order valence-electron chi connectivity index (χ3n) is 4.12. The third-order valence-corrected chi connectivity index (χ3v) is 4.58. The van der Waals surface area contributed by atoms with Crippen LogP contribution in [0.2, 0.25) is 0 Å². The minimum absolute atomic E-state index is 0.117. The Morgan fingerprint density at radius 1 is 1.17 bits per heavy atom. The van der Waals surface area contributed by atoms with Gasteiger partial charge in [0.15, 0.2) is 0 Å². The molecular formula is C19H24BrF3N2O4. The second-order valence-corrected chi connectivity index (χ2v) is 8.72. The van der Waals surface area contributed by atoms with Gasteiger partial charge in [0.2, 0.25) is 0 Å². The third kappa shape index (κ3) is 7.75. The molecule has 1 aromatic rings. The molecule has 1 fully saturated rings. The number of amides is 2. The van der Waals surface area contributed by atoms with Gasteiger partial charge in [-0.2, -0.15) is 13.2 Å². The number of carbonyl (C=O) groups is 2. The summed E-state index contributed by atoms with van der Waals surface area (Å²) in [5.41, 5.74) is -1.17. The minimum atomic E-state index is -4.48. The summed E-state index contributed by atoms with van der Waals surface area (Å²) in [5.74, 6) is 0. The molecule has 0 spiro atoms. The van der Waals surface area contributed by atoms with Crippen LogP contribution in [-0.2, 0) is 22.3 Å². The molecule has 0 aliphatic carbocycles. The number of ether oxygens (including phenoxy) is 2. The molecule has 0 radical (unpaired) electrons. The van der Waals surface area contributed by atoms with E-state index < -0.39 is 29.5 Å². The number of alkyl halides is 3. The quantitative estimate of drug-likeness (QED) is 0.653. The highest BCUT2D eigenvalue weighted by Crippen LogP contribution is 2.32. The number of rotatable bonds is 3. The van der Waals surface area contributed by atoms with Crippen LogP contribution in [0.5, 0.6) is 0 Å². The predicted octanol–water partition coefficient (Wildman–Crippen LogP) is 5.09. The Bertz CT molecular complexity index is 742. The first kappa shape index (κ1) is 23.3. The van der Waals surface area contributed by atoms with Gasteiger partial charge >= 0.3 is 18.4 Å². The Kier molecular flexibility index (Phi) is 7.42. The molecule has 0 unspecified atom stereocenters. The number of nitrogens with one attached hydrogen (secondary N) is 1. The maximum Gasteiger partial charge on any atom is 0.416 e. The first-order chi connectivity index (χ1) is 13.3. The maximum absolute atomic E-state index is 12.9. The minimum Gasteiger partial charge on any atom is -0.445 e. The van der Waals surface area contributed by atoms with Crippen molar-refractivity contribution in [3.8, 4) is 0 Å². The summed E-state index contributed by atoms with van der Waals surface area (Å²) >= 11 is 3.04. The van der Waals surface area contributed by atoms with Crippen molar-refractivity contribution in [2.75, 3.05) is 13.1 Å². The fourth-order valence-electron chi connectivity index (χ4n) is 2.81. The number of benzene rings is 1. The Morgan fingerprint density at radius 2 is 1.79 bits per heavy atom. The van der Waals surface area contributed by atoms with Gasteiger partial charge in [0.25, 0.3) is 0 Å². The van der Waals surface area contributed by atoms with Crippen LogP contribution in [0.15, 0.2) is 22.7 Å². The molecule has 1 aliphatic rings. The molecule has 0 atom stereocenters. The molecule has 2 amide bonds. The number of halogens is 4. The highest BCUT2D eigenvalue weighted by atomic mass is 79.9. The van der Waals surface area contributed by atoms with E-state index >= 15 is 0 Å². The topological polar surface area (TPSA) is 67.9 Å². The van der Waals surface area contributed by atoms with Crippen LogP contribution in [0.4, 0.5) is 22.8 Å². The molecule has 162 valence electrons. The monoisotopic (exact) mass is 480 g/mol. The van der Waals surface area contributed by atoms with E-state index in [1.165, 1.54) is 11.0 Å².